The summed E-state index contributed by atoms with van der Waals surface area (Å²) in [6.45, 7) is 10.3. The second kappa shape index (κ2) is 8.28. The van der Waals surface area contributed by atoms with Crippen LogP contribution in [-0.4, -0.2) is 31.7 Å². The molecule has 29 heavy (non-hydrogen) atoms. The number of benzene rings is 2. The molecule has 0 unspecified atom stereocenters. The topological polar surface area (TPSA) is 66.5 Å². The Bertz CT molecular complexity index is 1020. The van der Waals surface area contributed by atoms with Crippen molar-refractivity contribution in [2.75, 3.05) is 18.4 Å². The molecule has 1 atom stereocenters. The van der Waals surface area contributed by atoms with Gasteiger partial charge in [-0.15, -0.1) is 0 Å². The van der Waals surface area contributed by atoms with E-state index in [1.165, 1.54) is 4.31 Å². The van der Waals surface area contributed by atoms with Gasteiger partial charge in [-0.25, -0.2) is 8.42 Å². The highest BCUT2D eigenvalue weighted by Crippen LogP contribution is 2.29. The van der Waals surface area contributed by atoms with Crippen molar-refractivity contribution in [3.8, 4) is 0 Å². The molecule has 1 amide bonds. The standard InChI is InChI=1S/C23H30N2O3S/c1-15-8-9-21(17(3)11-15)24-23(26)20-7-6-10-25(14-20)29(27,28)22-18(4)12-16(2)13-19(22)5/h8-9,11-13,20H,6-7,10,14H2,1-5H3,(H,24,26)/t20-/m0/s1. The lowest BCUT2D eigenvalue weighted by Crippen LogP contribution is -2.44. The molecule has 1 aliphatic heterocycles. The van der Waals surface area contributed by atoms with E-state index >= 15 is 0 Å². The van der Waals surface area contributed by atoms with Gasteiger partial charge in [0.2, 0.25) is 15.9 Å². The number of hydrogen-bond donors (Lipinski definition) is 1. The summed E-state index contributed by atoms with van der Waals surface area (Å²) in [6, 6.07) is 9.68. The molecule has 5 nitrogen and oxygen atoms in total. The van der Waals surface area contributed by atoms with Crippen LogP contribution in [0.15, 0.2) is 35.2 Å². The van der Waals surface area contributed by atoms with Crippen LogP contribution in [0.2, 0.25) is 0 Å². The van der Waals surface area contributed by atoms with E-state index in [9.17, 15) is 13.2 Å². The first-order valence-corrected chi connectivity index (χ1v) is 11.5. The Kier molecular flexibility index (Phi) is 6.15. The quantitative estimate of drug-likeness (QED) is 0.812. The number of carbonyl (C=O) groups excluding carboxylic acids is 1. The first-order valence-electron chi connectivity index (χ1n) is 10.1. The number of piperidine rings is 1. The van der Waals surface area contributed by atoms with E-state index < -0.39 is 10.0 Å². The summed E-state index contributed by atoms with van der Waals surface area (Å²) in [6.07, 6.45) is 1.36. The van der Waals surface area contributed by atoms with Crippen molar-refractivity contribution in [2.45, 2.75) is 52.4 Å². The van der Waals surface area contributed by atoms with Crippen LogP contribution in [0.25, 0.3) is 0 Å². The molecule has 0 radical (unpaired) electrons. The van der Waals surface area contributed by atoms with Crippen molar-refractivity contribution in [1.29, 1.82) is 0 Å². The molecule has 0 saturated carbocycles. The lowest BCUT2D eigenvalue weighted by atomic mass is 9.98. The third-order valence-electron chi connectivity index (χ3n) is 5.60. The molecule has 1 N–H and O–H groups in total. The third kappa shape index (κ3) is 4.54. The van der Waals surface area contributed by atoms with Gasteiger partial charge in [-0.3, -0.25) is 4.79 Å². The van der Waals surface area contributed by atoms with Crippen molar-refractivity contribution < 1.29 is 13.2 Å². The summed E-state index contributed by atoms with van der Waals surface area (Å²) in [4.78, 5) is 13.2. The maximum absolute atomic E-state index is 13.4. The van der Waals surface area contributed by atoms with Crippen LogP contribution in [-0.2, 0) is 14.8 Å². The Morgan fingerprint density at radius 3 is 2.21 bits per heavy atom. The van der Waals surface area contributed by atoms with Crippen molar-refractivity contribution in [1.82, 2.24) is 4.31 Å². The molecule has 2 aromatic rings. The fourth-order valence-corrected chi connectivity index (χ4v) is 6.20. The summed E-state index contributed by atoms with van der Waals surface area (Å²) < 4.78 is 28.2. The SMILES string of the molecule is Cc1ccc(NC(=O)[C@H]2CCCN(S(=O)(=O)c3c(C)cc(C)cc3C)C2)c(C)c1. The Hall–Kier alpha value is -2.18. The van der Waals surface area contributed by atoms with Gasteiger partial charge in [-0.2, -0.15) is 4.31 Å². The number of hydrogen-bond acceptors (Lipinski definition) is 3. The molecule has 1 heterocycles. The van der Waals surface area contributed by atoms with Gasteiger partial charge in [0.25, 0.3) is 0 Å². The van der Waals surface area contributed by atoms with E-state index in [0.717, 1.165) is 33.5 Å². The van der Waals surface area contributed by atoms with Crippen LogP contribution in [0.4, 0.5) is 5.69 Å². The van der Waals surface area contributed by atoms with Crippen molar-refractivity contribution in [2.24, 2.45) is 5.92 Å². The zero-order valence-electron chi connectivity index (χ0n) is 17.9. The Morgan fingerprint density at radius 1 is 0.966 bits per heavy atom. The molecular weight excluding hydrogens is 384 g/mol. The number of nitrogens with zero attached hydrogens (tertiary/aromatic N) is 1. The minimum absolute atomic E-state index is 0.116. The molecule has 0 aromatic heterocycles. The average Bonchev–Trinajstić information content (AvgIpc) is 2.63. The smallest absolute Gasteiger partial charge is 0.243 e. The van der Waals surface area contributed by atoms with E-state index in [4.69, 9.17) is 0 Å². The fraction of sp³-hybridized carbons (Fsp3) is 0.435. The molecule has 1 aliphatic rings. The average molecular weight is 415 g/mol. The van der Waals surface area contributed by atoms with Crippen LogP contribution < -0.4 is 5.32 Å². The largest absolute Gasteiger partial charge is 0.326 e. The number of anilines is 1. The summed E-state index contributed by atoms with van der Waals surface area (Å²) in [5.74, 6) is -0.473. The molecule has 0 aliphatic carbocycles. The van der Waals surface area contributed by atoms with Gasteiger partial charge in [-0.1, -0.05) is 35.4 Å². The molecule has 6 heteroatoms. The molecule has 1 saturated heterocycles. The maximum atomic E-state index is 13.4. The third-order valence-corrected chi connectivity index (χ3v) is 7.77. The van der Waals surface area contributed by atoms with Gasteiger partial charge < -0.3 is 5.32 Å². The first-order chi connectivity index (χ1) is 13.6. The van der Waals surface area contributed by atoms with Gasteiger partial charge in [-0.05, 0) is 70.2 Å². The lowest BCUT2D eigenvalue weighted by Gasteiger charge is -2.32. The number of nitrogens with one attached hydrogen (secondary N) is 1. The second-order valence-electron chi connectivity index (χ2n) is 8.24. The molecule has 0 bridgehead atoms. The monoisotopic (exact) mass is 414 g/mol. The van der Waals surface area contributed by atoms with Crippen molar-refractivity contribution >= 4 is 21.6 Å². The summed E-state index contributed by atoms with van der Waals surface area (Å²) in [5.41, 5.74) is 5.48. The van der Waals surface area contributed by atoms with Gasteiger partial charge >= 0.3 is 0 Å². The van der Waals surface area contributed by atoms with Crippen LogP contribution >= 0.6 is 0 Å². The summed E-state index contributed by atoms with van der Waals surface area (Å²) in [5, 5.41) is 2.99. The normalized spacial score (nSPS) is 17.9. The first kappa shape index (κ1) is 21.5. The number of carbonyl (C=O) groups is 1. The minimum Gasteiger partial charge on any atom is -0.326 e. The van der Waals surface area contributed by atoms with Crippen LogP contribution in [0.1, 0.15) is 40.7 Å². The number of aryl methyl sites for hydroxylation is 5. The number of sulfonamides is 1. The molecule has 0 spiro atoms. The van der Waals surface area contributed by atoms with E-state index in [1.807, 2.05) is 65.0 Å². The Morgan fingerprint density at radius 2 is 1.59 bits per heavy atom. The molecule has 3 rings (SSSR count). The van der Waals surface area contributed by atoms with E-state index in [2.05, 4.69) is 5.32 Å². The molecule has 156 valence electrons. The van der Waals surface area contributed by atoms with Crippen LogP contribution in [0, 0.1) is 40.5 Å². The highest BCUT2D eigenvalue weighted by Gasteiger charge is 2.35. The van der Waals surface area contributed by atoms with Gasteiger partial charge in [0, 0.05) is 18.8 Å². The summed E-state index contributed by atoms with van der Waals surface area (Å²) in [7, 11) is -3.64. The molecular formula is C23H30N2O3S. The van der Waals surface area contributed by atoms with Crippen molar-refractivity contribution in [3.05, 3.63) is 58.1 Å². The molecule has 2 aromatic carbocycles. The van der Waals surface area contributed by atoms with E-state index in [-0.39, 0.29) is 18.4 Å². The fourth-order valence-electron chi connectivity index (χ4n) is 4.27. The maximum Gasteiger partial charge on any atom is 0.243 e. The predicted molar refractivity (Wildman–Crippen MR) is 117 cm³/mol. The summed E-state index contributed by atoms with van der Waals surface area (Å²) >= 11 is 0. The van der Waals surface area contributed by atoms with Gasteiger partial charge in [0.05, 0.1) is 10.8 Å². The van der Waals surface area contributed by atoms with Gasteiger partial charge in [0.15, 0.2) is 0 Å². The van der Waals surface area contributed by atoms with Crippen LogP contribution in [0.5, 0.6) is 0 Å². The highest BCUT2D eigenvalue weighted by atomic mass is 32.2. The van der Waals surface area contributed by atoms with Crippen molar-refractivity contribution in [3.63, 3.8) is 0 Å². The zero-order chi connectivity index (χ0) is 21.3. The molecule has 1 fully saturated rings. The van der Waals surface area contributed by atoms with E-state index in [1.54, 1.807) is 0 Å². The van der Waals surface area contributed by atoms with E-state index in [0.29, 0.717) is 24.3 Å². The Balaban J connectivity index is 1.80. The minimum atomic E-state index is -3.64. The Labute approximate surface area is 174 Å². The van der Waals surface area contributed by atoms with Gasteiger partial charge in [0.1, 0.15) is 0 Å². The number of rotatable bonds is 4. The lowest BCUT2D eigenvalue weighted by molar-refractivity contribution is -0.120. The highest BCUT2D eigenvalue weighted by molar-refractivity contribution is 7.89. The zero-order valence-corrected chi connectivity index (χ0v) is 18.7. The number of amides is 1. The second-order valence-corrected chi connectivity index (χ2v) is 10.1. The predicted octanol–water partition coefficient (Wildman–Crippen LogP) is 4.27. The van der Waals surface area contributed by atoms with Crippen LogP contribution in [0.3, 0.4) is 0 Å².